The first kappa shape index (κ1) is 64.1. The van der Waals surface area contributed by atoms with E-state index in [-0.39, 0.29) is 0 Å². The van der Waals surface area contributed by atoms with Gasteiger partial charge in [0, 0.05) is 78.3 Å². The van der Waals surface area contributed by atoms with Crippen molar-refractivity contribution in [2.45, 2.75) is 150 Å². The Kier molecular flexibility index (Phi) is 29.7. The lowest BCUT2D eigenvalue weighted by Gasteiger charge is -2.11. The normalized spacial score (nSPS) is 11.2. The zero-order valence-electron chi connectivity index (χ0n) is 47.0. The molecule has 0 aliphatic rings. The number of rotatable bonds is 41. The maximum absolute atomic E-state index is 5.73. The minimum atomic E-state index is 0.556. The molecule has 0 bridgehead atoms. The Bertz CT molecular complexity index is 2770. The fourth-order valence-electron chi connectivity index (χ4n) is 7.22. The molecule has 8 N–H and O–H groups in total. The minimum Gasteiger partial charge on any atom is -0.357 e. The zero-order valence-corrected chi connectivity index (χ0v) is 51.9. The van der Waals surface area contributed by atoms with Crippen LogP contribution in [0.2, 0.25) is 0 Å². The van der Waals surface area contributed by atoms with Crippen LogP contribution in [0.25, 0.3) is 0 Å². The van der Waals surface area contributed by atoms with Crippen molar-refractivity contribution in [3.63, 3.8) is 0 Å². The van der Waals surface area contributed by atoms with E-state index in [4.69, 9.17) is 55.6 Å². The van der Waals surface area contributed by atoms with Gasteiger partial charge in [0.15, 0.2) is 30.9 Å². The number of hydrogen-bond donors (Lipinski definition) is 7. The molecule has 6 rings (SSSR count). The number of nitrogens with one attached hydrogen (secondary N) is 6. The summed E-state index contributed by atoms with van der Waals surface area (Å²) in [6.07, 6.45) is 8.79. The molecular weight excluding hydrogens is 1130 g/mol. The Morgan fingerprint density at radius 3 is 0.675 bits per heavy atom. The average Bonchev–Trinajstić information content (AvgIpc) is 3.45. The molecule has 0 atom stereocenters. The third-order valence-corrected chi connectivity index (χ3v) is 15.1. The van der Waals surface area contributed by atoms with Crippen LogP contribution in [-0.2, 0) is 38.5 Å². The summed E-state index contributed by atoms with van der Waals surface area (Å²) in [6, 6.07) is 0. The largest absolute Gasteiger partial charge is 0.357 e. The van der Waals surface area contributed by atoms with Gasteiger partial charge >= 0.3 is 0 Å². The molecule has 25 nitrogen and oxygen atoms in total. The molecular formula is C49H77N25S6. The highest BCUT2D eigenvalue weighted by atomic mass is 32.2. The molecule has 0 aromatic carbocycles. The van der Waals surface area contributed by atoms with Gasteiger partial charge in [0.2, 0.25) is 35.7 Å². The molecule has 0 amide bonds. The molecule has 0 aliphatic carbocycles. The molecule has 6 heterocycles. The molecule has 0 radical (unpaired) electrons. The number of aryl methyl sites for hydroxylation is 6. The van der Waals surface area contributed by atoms with E-state index >= 15 is 0 Å². The van der Waals surface area contributed by atoms with Crippen molar-refractivity contribution in [2.75, 3.05) is 113 Å². The van der Waals surface area contributed by atoms with E-state index in [9.17, 15) is 0 Å². The number of hydrogen-bond acceptors (Lipinski definition) is 31. The lowest BCUT2D eigenvalue weighted by atomic mass is 10.3. The van der Waals surface area contributed by atoms with Crippen molar-refractivity contribution >= 4 is 106 Å². The van der Waals surface area contributed by atoms with Crippen LogP contribution in [0.3, 0.4) is 0 Å². The first-order valence-electron chi connectivity index (χ1n) is 27.5. The fourth-order valence-corrected chi connectivity index (χ4v) is 10.7. The molecule has 6 aromatic rings. The molecule has 0 spiro atoms. The summed E-state index contributed by atoms with van der Waals surface area (Å²) in [5.74, 6) is 13.1. The topological polar surface area (TPSA) is 330 Å². The summed E-state index contributed by atoms with van der Waals surface area (Å²) in [5.41, 5.74) is 5.73. The Morgan fingerprint density at radius 2 is 0.475 bits per heavy atom. The van der Waals surface area contributed by atoms with Gasteiger partial charge in [0.25, 0.3) is 0 Å². The van der Waals surface area contributed by atoms with Crippen LogP contribution >= 0.6 is 70.6 Å². The molecule has 0 aliphatic heterocycles. The lowest BCUT2D eigenvalue weighted by Crippen LogP contribution is -2.14. The van der Waals surface area contributed by atoms with E-state index in [1.807, 2.05) is 7.05 Å². The van der Waals surface area contributed by atoms with Crippen molar-refractivity contribution < 1.29 is 0 Å². The van der Waals surface area contributed by atoms with Crippen molar-refractivity contribution in [3.8, 4) is 0 Å². The van der Waals surface area contributed by atoms with Gasteiger partial charge in [0.05, 0.1) is 0 Å². The van der Waals surface area contributed by atoms with Crippen molar-refractivity contribution in [2.24, 2.45) is 5.73 Å². The predicted octanol–water partition coefficient (Wildman–Crippen LogP) is 7.63. The molecule has 6 aromatic heterocycles. The van der Waals surface area contributed by atoms with Gasteiger partial charge in [-0.25, -0.2) is 29.9 Å². The summed E-state index contributed by atoms with van der Waals surface area (Å²) in [4.78, 5) is 84.3. The Morgan fingerprint density at radius 1 is 0.275 bits per heavy atom. The van der Waals surface area contributed by atoms with Crippen molar-refractivity contribution in [1.29, 1.82) is 0 Å². The average molecular weight is 1210 g/mol. The van der Waals surface area contributed by atoms with Crippen LogP contribution in [0.15, 0.2) is 30.9 Å². The lowest BCUT2D eigenvalue weighted by molar-refractivity contribution is 0.721. The summed E-state index contributed by atoms with van der Waals surface area (Å²) in [6.45, 7) is 16.4. The zero-order chi connectivity index (χ0) is 56.6. The maximum Gasteiger partial charge on any atom is 0.226 e. The van der Waals surface area contributed by atoms with Gasteiger partial charge in [0.1, 0.15) is 34.9 Å². The molecule has 80 heavy (non-hydrogen) atoms. The quantitative estimate of drug-likeness (QED) is 0.0143. The highest BCUT2D eigenvalue weighted by Crippen LogP contribution is 2.21. The number of thioether (sulfide) groups is 6. The summed E-state index contributed by atoms with van der Waals surface area (Å²) in [5, 5.41) is 24.4. The van der Waals surface area contributed by atoms with Crippen LogP contribution in [-0.4, -0.2) is 171 Å². The standard InChI is InChI=1S/C49H77N25S6/c1-8-75-44-64-33(57-38(51-7)69-44)21-15-27-53-40-59-35(66-46(71-40)77-10-3)23-17-29-55-42-61-37(68-48(73-42)79-12-5)25-19-31-56-43-62-36(67-49(74-43)80-13-6)24-18-30-54-41-60-34(65-47(72-41)78-11-4)22-16-28-52-39-58-32(20-14-26-50)63-45(70-39)76-9-2/h8-31,50H2,1-7H3,(H,51,57,64,69)(H,52,58,63,70)(H,53,59,66,71)(H,54,60,65,72)(H,55,61,68,73)(H,56,62,67,74). The molecule has 0 saturated heterocycles. The van der Waals surface area contributed by atoms with E-state index < -0.39 is 0 Å². The molecule has 434 valence electrons. The van der Waals surface area contributed by atoms with E-state index in [0.29, 0.717) is 128 Å². The van der Waals surface area contributed by atoms with Crippen LogP contribution in [0.1, 0.15) is 115 Å². The van der Waals surface area contributed by atoms with E-state index in [1.54, 1.807) is 70.6 Å². The van der Waals surface area contributed by atoms with Crippen LogP contribution in [0.4, 0.5) is 35.7 Å². The van der Waals surface area contributed by atoms with E-state index in [1.165, 1.54) is 0 Å². The minimum absolute atomic E-state index is 0.556. The van der Waals surface area contributed by atoms with Gasteiger partial charge in [-0.1, -0.05) is 112 Å². The second-order valence-electron chi connectivity index (χ2n) is 17.0. The molecule has 0 saturated carbocycles. The first-order chi connectivity index (χ1) is 39.2. The Hall–Kier alpha value is -5.08. The molecule has 0 unspecified atom stereocenters. The van der Waals surface area contributed by atoms with Gasteiger partial charge in [-0.3, -0.25) is 0 Å². The second-order valence-corrected chi connectivity index (χ2v) is 24.4. The van der Waals surface area contributed by atoms with Crippen molar-refractivity contribution in [3.05, 3.63) is 34.9 Å². The van der Waals surface area contributed by atoms with Gasteiger partial charge in [-0.05, 0) is 79.6 Å². The van der Waals surface area contributed by atoms with E-state index in [2.05, 4.69) is 113 Å². The van der Waals surface area contributed by atoms with Gasteiger partial charge in [-0.15, -0.1) is 0 Å². The fraction of sp³-hybridized carbons (Fsp3) is 0.633. The van der Waals surface area contributed by atoms with Crippen LogP contribution < -0.4 is 37.6 Å². The third kappa shape index (κ3) is 23.8. The summed E-state index contributed by atoms with van der Waals surface area (Å²) < 4.78 is 0. The number of aromatic nitrogens is 18. The Balaban J connectivity index is 0.951. The SMILES string of the molecule is CCSc1nc(CCCNc2nc(CCCNc3nc(CCCNc4nc(CCCNc5nc(CCCNc6nc(CCCN)nc(SCC)n6)nc(SCC)n5)nc(SCC)n4)nc(SCC)n3)nc(SCC)n2)nc(NC)n1. The first-order valence-corrected chi connectivity index (χ1v) is 33.5. The summed E-state index contributed by atoms with van der Waals surface area (Å²) in [7, 11) is 1.82. The third-order valence-electron chi connectivity index (χ3n) is 10.7. The highest BCUT2D eigenvalue weighted by Gasteiger charge is 2.14. The van der Waals surface area contributed by atoms with E-state index in [0.717, 1.165) is 125 Å². The second kappa shape index (κ2) is 37.1. The monoisotopic (exact) mass is 1210 g/mol. The van der Waals surface area contributed by atoms with Crippen LogP contribution in [0, 0.1) is 0 Å². The predicted molar refractivity (Wildman–Crippen MR) is 328 cm³/mol. The molecule has 31 heteroatoms. The molecule has 0 fully saturated rings. The highest BCUT2D eigenvalue weighted by molar-refractivity contribution is 8.00. The van der Waals surface area contributed by atoms with Gasteiger partial charge < -0.3 is 37.6 Å². The number of anilines is 6. The summed E-state index contributed by atoms with van der Waals surface area (Å²) >= 11 is 9.59. The number of nitrogens with two attached hydrogens (primary N) is 1. The van der Waals surface area contributed by atoms with Crippen molar-refractivity contribution in [1.82, 2.24) is 89.7 Å². The smallest absolute Gasteiger partial charge is 0.226 e. The Labute approximate surface area is 495 Å². The number of nitrogens with zero attached hydrogens (tertiary/aromatic N) is 18. The van der Waals surface area contributed by atoms with Gasteiger partial charge in [-0.2, -0.15) is 59.8 Å². The van der Waals surface area contributed by atoms with Crippen LogP contribution in [0.5, 0.6) is 0 Å². The maximum atomic E-state index is 5.73.